The maximum absolute atomic E-state index is 12.8. The predicted molar refractivity (Wildman–Crippen MR) is 110 cm³/mol. The molecule has 0 saturated heterocycles. The van der Waals surface area contributed by atoms with Gasteiger partial charge in [-0.1, -0.05) is 11.6 Å². The summed E-state index contributed by atoms with van der Waals surface area (Å²) in [7, 11) is 4.53. The number of carbonyl (C=O) groups excluding carboxylic acids is 2. The van der Waals surface area contributed by atoms with Gasteiger partial charge in [0.2, 0.25) is 5.75 Å². The van der Waals surface area contributed by atoms with Crippen LogP contribution in [0.25, 0.3) is 6.08 Å². The van der Waals surface area contributed by atoms with Crippen molar-refractivity contribution in [3.63, 3.8) is 0 Å². The van der Waals surface area contributed by atoms with Gasteiger partial charge in [-0.25, -0.2) is 0 Å². The SMILES string of the molecule is COc1cc(/C=C2\C(=O)N(C(=O)c3ccc(Cl)cc3)N=C2C)cc(OC)c1OC. The van der Waals surface area contributed by atoms with Crippen LogP contribution < -0.4 is 14.2 Å². The first kappa shape index (κ1) is 20.4. The van der Waals surface area contributed by atoms with Gasteiger partial charge < -0.3 is 14.2 Å². The molecule has 7 nitrogen and oxygen atoms in total. The zero-order chi connectivity index (χ0) is 21.1. The minimum absolute atomic E-state index is 0.293. The third-order valence-corrected chi connectivity index (χ3v) is 4.60. The summed E-state index contributed by atoms with van der Waals surface area (Å²) in [6.45, 7) is 1.66. The Labute approximate surface area is 173 Å². The molecular formula is C21H19ClN2O5. The Hall–Kier alpha value is -3.32. The van der Waals surface area contributed by atoms with Crippen molar-refractivity contribution in [3.05, 3.63) is 58.1 Å². The Morgan fingerprint density at radius 2 is 1.62 bits per heavy atom. The number of imide groups is 1. The van der Waals surface area contributed by atoms with E-state index in [0.717, 1.165) is 5.01 Å². The van der Waals surface area contributed by atoms with E-state index in [-0.39, 0.29) is 0 Å². The summed E-state index contributed by atoms with van der Waals surface area (Å²) in [4.78, 5) is 25.5. The molecular weight excluding hydrogens is 396 g/mol. The van der Waals surface area contributed by atoms with Gasteiger partial charge in [0.15, 0.2) is 11.5 Å². The van der Waals surface area contributed by atoms with Gasteiger partial charge in [0.25, 0.3) is 11.8 Å². The molecule has 0 aliphatic carbocycles. The molecule has 150 valence electrons. The van der Waals surface area contributed by atoms with Gasteiger partial charge in [-0.3, -0.25) is 9.59 Å². The highest BCUT2D eigenvalue weighted by Crippen LogP contribution is 2.39. The summed E-state index contributed by atoms with van der Waals surface area (Å²) in [5.74, 6) is 0.302. The molecule has 1 aliphatic rings. The number of hydrogen-bond donors (Lipinski definition) is 0. The fourth-order valence-electron chi connectivity index (χ4n) is 2.89. The lowest BCUT2D eigenvalue weighted by atomic mass is 10.1. The highest BCUT2D eigenvalue weighted by atomic mass is 35.5. The summed E-state index contributed by atoms with van der Waals surface area (Å²) in [6, 6.07) is 9.67. The second-order valence-corrected chi connectivity index (χ2v) is 6.57. The molecule has 0 fully saturated rings. The Morgan fingerprint density at radius 1 is 1.03 bits per heavy atom. The van der Waals surface area contributed by atoms with Gasteiger partial charge in [0, 0.05) is 10.6 Å². The van der Waals surface area contributed by atoms with Crippen LogP contribution in [-0.2, 0) is 4.79 Å². The van der Waals surface area contributed by atoms with Gasteiger partial charge >= 0.3 is 0 Å². The highest BCUT2D eigenvalue weighted by molar-refractivity contribution is 6.31. The molecule has 0 radical (unpaired) electrons. The number of amides is 2. The molecule has 0 N–H and O–H groups in total. The lowest BCUT2D eigenvalue weighted by Crippen LogP contribution is -2.29. The first-order valence-electron chi connectivity index (χ1n) is 8.61. The molecule has 2 aromatic rings. The van der Waals surface area contributed by atoms with E-state index in [1.165, 1.54) is 21.3 Å². The molecule has 0 aromatic heterocycles. The lowest BCUT2D eigenvalue weighted by Gasteiger charge is -2.13. The van der Waals surface area contributed by atoms with Crippen LogP contribution in [0.1, 0.15) is 22.8 Å². The fraction of sp³-hybridized carbons (Fsp3) is 0.190. The summed E-state index contributed by atoms with van der Waals surface area (Å²) in [5.41, 5.74) is 1.67. The monoisotopic (exact) mass is 414 g/mol. The maximum Gasteiger partial charge on any atom is 0.283 e. The van der Waals surface area contributed by atoms with E-state index in [2.05, 4.69) is 5.10 Å². The zero-order valence-electron chi connectivity index (χ0n) is 16.4. The molecule has 2 aromatic carbocycles. The third-order valence-electron chi connectivity index (χ3n) is 4.34. The van der Waals surface area contributed by atoms with Crippen molar-refractivity contribution in [3.8, 4) is 17.2 Å². The number of methoxy groups -OCH3 is 3. The largest absolute Gasteiger partial charge is 0.493 e. The zero-order valence-corrected chi connectivity index (χ0v) is 17.1. The molecule has 0 spiro atoms. The van der Waals surface area contributed by atoms with Gasteiger partial charge in [-0.2, -0.15) is 10.1 Å². The van der Waals surface area contributed by atoms with E-state index < -0.39 is 11.8 Å². The number of hydrogen-bond acceptors (Lipinski definition) is 6. The van der Waals surface area contributed by atoms with Crippen molar-refractivity contribution < 1.29 is 23.8 Å². The Kier molecular flexibility index (Phi) is 5.89. The first-order chi connectivity index (χ1) is 13.9. The Bertz CT molecular complexity index is 1000. The number of ether oxygens (including phenoxy) is 3. The summed E-state index contributed by atoms with van der Waals surface area (Å²) in [5, 5.41) is 5.47. The van der Waals surface area contributed by atoms with Gasteiger partial charge in [0.1, 0.15) is 0 Å². The molecule has 0 saturated carbocycles. The van der Waals surface area contributed by atoms with Crippen molar-refractivity contribution in [2.75, 3.05) is 21.3 Å². The van der Waals surface area contributed by atoms with Crippen LogP contribution in [0.2, 0.25) is 5.02 Å². The van der Waals surface area contributed by atoms with Crippen LogP contribution in [0.4, 0.5) is 0 Å². The van der Waals surface area contributed by atoms with E-state index in [1.54, 1.807) is 49.4 Å². The van der Waals surface area contributed by atoms with E-state index in [4.69, 9.17) is 25.8 Å². The molecule has 8 heteroatoms. The minimum atomic E-state index is -0.528. The number of hydrazone groups is 1. The van der Waals surface area contributed by atoms with Crippen LogP contribution in [-0.4, -0.2) is 43.9 Å². The topological polar surface area (TPSA) is 77.4 Å². The number of carbonyl (C=O) groups is 2. The van der Waals surface area contributed by atoms with Crippen LogP contribution >= 0.6 is 11.6 Å². The molecule has 3 rings (SSSR count). The molecule has 0 bridgehead atoms. The van der Waals surface area contributed by atoms with Crippen molar-refractivity contribution in [2.24, 2.45) is 5.10 Å². The number of rotatable bonds is 5. The summed E-state index contributed by atoms with van der Waals surface area (Å²) >= 11 is 5.85. The van der Waals surface area contributed by atoms with E-state index in [9.17, 15) is 9.59 Å². The number of benzene rings is 2. The first-order valence-corrected chi connectivity index (χ1v) is 8.99. The summed E-state index contributed by atoms with van der Waals surface area (Å²) < 4.78 is 16.0. The average Bonchev–Trinajstić information content (AvgIpc) is 3.01. The maximum atomic E-state index is 12.8. The molecule has 0 atom stereocenters. The quantitative estimate of drug-likeness (QED) is 0.549. The average molecular weight is 415 g/mol. The number of halogens is 1. The third kappa shape index (κ3) is 3.95. The van der Waals surface area contributed by atoms with Gasteiger partial charge in [-0.05, 0) is 55.0 Å². The lowest BCUT2D eigenvalue weighted by molar-refractivity contribution is -0.123. The molecule has 1 heterocycles. The van der Waals surface area contributed by atoms with E-state index >= 15 is 0 Å². The predicted octanol–water partition coefficient (Wildman–Crippen LogP) is 3.81. The van der Waals surface area contributed by atoms with Gasteiger partial charge in [-0.15, -0.1) is 0 Å². The van der Waals surface area contributed by atoms with Crippen molar-refractivity contribution >= 4 is 35.2 Å². The summed E-state index contributed by atoms with van der Waals surface area (Å²) in [6.07, 6.45) is 1.63. The Balaban J connectivity index is 1.95. The van der Waals surface area contributed by atoms with Crippen LogP contribution in [0.15, 0.2) is 47.1 Å². The Morgan fingerprint density at radius 3 is 2.14 bits per heavy atom. The standard InChI is InChI=1S/C21H19ClN2O5/c1-12-16(9-13-10-17(27-2)19(29-4)18(11-13)28-3)21(26)24(23-12)20(25)14-5-7-15(22)8-6-14/h5-11H,1-4H3/b16-9-. The van der Waals surface area contributed by atoms with Crippen molar-refractivity contribution in [2.45, 2.75) is 6.92 Å². The van der Waals surface area contributed by atoms with Crippen molar-refractivity contribution in [1.29, 1.82) is 0 Å². The van der Waals surface area contributed by atoms with E-state index in [1.807, 2.05) is 0 Å². The van der Waals surface area contributed by atoms with Crippen LogP contribution in [0.5, 0.6) is 17.2 Å². The number of nitrogens with zero attached hydrogens (tertiary/aromatic N) is 2. The fourth-order valence-corrected chi connectivity index (χ4v) is 3.01. The highest BCUT2D eigenvalue weighted by Gasteiger charge is 2.33. The molecule has 1 aliphatic heterocycles. The molecule has 29 heavy (non-hydrogen) atoms. The molecule has 0 unspecified atom stereocenters. The van der Waals surface area contributed by atoms with Gasteiger partial charge in [0.05, 0.1) is 32.6 Å². The smallest absolute Gasteiger partial charge is 0.283 e. The normalized spacial score (nSPS) is 14.8. The second-order valence-electron chi connectivity index (χ2n) is 6.13. The van der Waals surface area contributed by atoms with Crippen molar-refractivity contribution in [1.82, 2.24) is 5.01 Å². The second kappa shape index (κ2) is 8.36. The van der Waals surface area contributed by atoms with Crippen LogP contribution in [0, 0.1) is 0 Å². The van der Waals surface area contributed by atoms with Crippen LogP contribution in [0.3, 0.4) is 0 Å². The molecule has 2 amide bonds. The van der Waals surface area contributed by atoms with E-state index in [0.29, 0.717) is 44.7 Å². The minimum Gasteiger partial charge on any atom is -0.493 e.